The molecule has 0 bridgehead atoms. The first kappa shape index (κ1) is 14.7. The summed E-state index contributed by atoms with van der Waals surface area (Å²) in [6.07, 6.45) is 3.12. The summed E-state index contributed by atoms with van der Waals surface area (Å²) < 4.78 is 1.57. The molecule has 1 aromatic rings. The lowest BCUT2D eigenvalue weighted by atomic mass is 10.0. The van der Waals surface area contributed by atoms with Crippen LogP contribution in [-0.4, -0.2) is 39.1 Å². The molecule has 3 N–H and O–H groups in total. The van der Waals surface area contributed by atoms with Crippen molar-refractivity contribution in [2.24, 2.45) is 13.0 Å². The molecule has 6 heteroatoms. The maximum absolute atomic E-state index is 11.0. The Morgan fingerprint density at radius 3 is 2.89 bits per heavy atom. The quantitative estimate of drug-likeness (QED) is 0.633. The zero-order valence-corrected chi connectivity index (χ0v) is 10.9. The molecule has 1 rings (SSSR count). The molecule has 6 nitrogen and oxygen atoms in total. The van der Waals surface area contributed by atoms with Crippen molar-refractivity contribution in [3.63, 3.8) is 0 Å². The van der Waals surface area contributed by atoms with Crippen LogP contribution in [0.25, 0.3) is 0 Å². The van der Waals surface area contributed by atoms with Gasteiger partial charge >= 0.3 is 5.97 Å². The molecule has 0 fully saturated rings. The van der Waals surface area contributed by atoms with E-state index < -0.39 is 5.97 Å². The summed E-state index contributed by atoms with van der Waals surface area (Å²) >= 11 is 0. The van der Waals surface area contributed by atoms with Gasteiger partial charge < -0.3 is 15.5 Å². The molecule has 0 aliphatic carbocycles. The second-order valence-corrected chi connectivity index (χ2v) is 4.35. The van der Waals surface area contributed by atoms with Crippen molar-refractivity contribution in [2.45, 2.75) is 26.3 Å². The van der Waals surface area contributed by atoms with Crippen molar-refractivity contribution in [1.82, 2.24) is 15.1 Å². The van der Waals surface area contributed by atoms with Crippen LogP contribution in [0.2, 0.25) is 0 Å². The van der Waals surface area contributed by atoms with E-state index in [1.807, 2.05) is 0 Å². The zero-order chi connectivity index (χ0) is 13.5. The molecule has 1 atom stereocenters. The standard InChI is InChI=1S/C12H21N3O3/c1-3-9(4-5-16)6-13-8-11-10(12(17)18)7-14-15(11)2/h7,9,13,16H,3-6,8H2,1-2H3,(H,17,18). The van der Waals surface area contributed by atoms with Gasteiger partial charge in [0.2, 0.25) is 0 Å². The summed E-state index contributed by atoms with van der Waals surface area (Å²) in [6.45, 7) is 3.50. The van der Waals surface area contributed by atoms with E-state index in [9.17, 15) is 4.79 Å². The summed E-state index contributed by atoms with van der Waals surface area (Å²) in [4.78, 5) is 11.0. The van der Waals surface area contributed by atoms with E-state index in [1.165, 1.54) is 6.20 Å². The minimum absolute atomic E-state index is 0.187. The number of nitrogens with one attached hydrogen (secondary N) is 1. The number of aromatic nitrogens is 2. The van der Waals surface area contributed by atoms with Crippen LogP contribution in [0.1, 0.15) is 35.8 Å². The fourth-order valence-corrected chi connectivity index (χ4v) is 1.88. The van der Waals surface area contributed by atoms with Crippen molar-refractivity contribution in [3.8, 4) is 0 Å². The molecule has 0 spiro atoms. The molecule has 1 heterocycles. The first-order chi connectivity index (χ1) is 8.60. The zero-order valence-electron chi connectivity index (χ0n) is 10.9. The van der Waals surface area contributed by atoms with Gasteiger partial charge in [-0.3, -0.25) is 4.68 Å². The number of aromatic carboxylic acids is 1. The normalized spacial score (nSPS) is 12.6. The number of carbonyl (C=O) groups is 1. The molecule has 0 amide bonds. The number of aryl methyl sites for hydroxylation is 1. The van der Waals surface area contributed by atoms with E-state index in [-0.39, 0.29) is 12.2 Å². The predicted molar refractivity (Wildman–Crippen MR) is 67.4 cm³/mol. The van der Waals surface area contributed by atoms with Gasteiger partial charge in [-0.1, -0.05) is 13.3 Å². The van der Waals surface area contributed by atoms with E-state index in [2.05, 4.69) is 17.3 Å². The Balaban J connectivity index is 2.53. The summed E-state index contributed by atoms with van der Waals surface area (Å²) in [7, 11) is 1.73. The van der Waals surface area contributed by atoms with Crippen LogP contribution in [0.5, 0.6) is 0 Å². The Morgan fingerprint density at radius 2 is 2.33 bits per heavy atom. The number of aliphatic hydroxyl groups is 1. The molecule has 102 valence electrons. The van der Waals surface area contributed by atoms with Gasteiger partial charge in [-0.05, 0) is 18.9 Å². The van der Waals surface area contributed by atoms with Crippen molar-refractivity contribution in [2.75, 3.05) is 13.2 Å². The molecule has 18 heavy (non-hydrogen) atoms. The Kier molecular flexibility index (Phi) is 5.80. The van der Waals surface area contributed by atoms with E-state index in [0.29, 0.717) is 18.2 Å². The Morgan fingerprint density at radius 1 is 1.61 bits per heavy atom. The summed E-state index contributed by atoms with van der Waals surface area (Å²) in [5, 5.41) is 25.1. The average Bonchev–Trinajstić information content (AvgIpc) is 2.70. The fraction of sp³-hybridized carbons (Fsp3) is 0.667. The number of hydrogen-bond donors (Lipinski definition) is 3. The minimum Gasteiger partial charge on any atom is -0.478 e. The number of carboxylic acids is 1. The van der Waals surface area contributed by atoms with Gasteiger partial charge in [-0.25, -0.2) is 4.79 Å². The van der Waals surface area contributed by atoms with Crippen molar-refractivity contribution >= 4 is 5.97 Å². The maximum Gasteiger partial charge on any atom is 0.339 e. The van der Waals surface area contributed by atoms with Gasteiger partial charge in [0.25, 0.3) is 0 Å². The van der Waals surface area contributed by atoms with Crippen LogP contribution in [0.3, 0.4) is 0 Å². The van der Waals surface area contributed by atoms with Gasteiger partial charge in [0.1, 0.15) is 5.56 Å². The number of aliphatic hydroxyl groups excluding tert-OH is 1. The first-order valence-corrected chi connectivity index (χ1v) is 6.15. The van der Waals surface area contributed by atoms with Crippen molar-refractivity contribution in [1.29, 1.82) is 0 Å². The Labute approximate surface area is 107 Å². The molecule has 1 aromatic heterocycles. The van der Waals surface area contributed by atoms with Crippen LogP contribution < -0.4 is 5.32 Å². The summed E-state index contributed by atoms with van der Waals surface area (Å²) in [6, 6.07) is 0. The lowest BCUT2D eigenvalue weighted by Crippen LogP contribution is -2.25. The van der Waals surface area contributed by atoms with Gasteiger partial charge in [0.05, 0.1) is 11.9 Å². The first-order valence-electron chi connectivity index (χ1n) is 6.15. The molecule has 0 aliphatic heterocycles. The third kappa shape index (κ3) is 3.82. The lowest BCUT2D eigenvalue weighted by Gasteiger charge is -2.14. The number of rotatable bonds is 8. The van der Waals surface area contributed by atoms with Crippen LogP contribution in [-0.2, 0) is 13.6 Å². The van der Waals surface area contributed by atoms with E-state index >= 15 is 0 Å². The third-order valence-electron chi connectivity index (χ3n) is 3.13. The highest BCUT2D eigenvalue weighted by atomic mass is 16.4. The van der Waals surface area contributed by atoms with Gasteiger partial charge in [-0.15, -0.1) is 0 Å². The molecule has 0 radical (unpaired) electrons. The molecule has 0 aromatic carbocycles. The van der Waals surface area contributed by atoms with E-state index in [4.69, 9.17) is 10.2 Å². The fourth-order valence-electron chi connectivity index (χ4n) is 1.88. The molecule has 1 unspecified atom stereocenters. The smallest absolute Gasteiger partial charge is 0.339 e. The van der Waals surface area contributed by atoms with Crippen molar-refractivity contribution in [3.05, 3.63) is 17.5 Å². The summed E-state index contributed by atoms with van der Waals surface area (Å²) in [5.74, 6) is -0.543. The lowest BCUT2D eigenvalue weighted by molar-refractivity contribution is 0.0695. The predicted octanol–water partition coefficient (Wildman–Crippen LogP) is 0.616. The highest BCUT2D eigenvalue weighted by Gasteiger charge is 2.14. The van der Waals surface area contributed by atoms with Crippen molar-refractivity contribution < 1.29 is 15.0 Å². The number of nitrogens with zero attached hydrogens (tertiary/aromatic N) is 2. The average molecular weight is 255 g/mol. The van der Waals surface area contributed by atoms with Gasteiger partial charge in [-0.2, -0.15) is 5.10 Å². The molecule has 0 saturated heterocycles. The highest BCUT2D eigenvalue weighted by Crippen LogP contribution is 2.09. The third-order valence-corrected chi connectivity index (χ3v) is 3.13. The largest absolute Gasteiger partial charge is 0.478 e. The van der Waals surface area contributed by atoms with Crippen LogP contribution in [0.4, 0.5) is 0 Å². The molecule has 0 aliphatic rings. The molecular weight excluding hydrogens is 234 g/mol. The molecular formula is C12H21N3O3. The minimum atomic E-state index is -0.956. The van der Waals surface area contributed by atoms with E-state index in [0.717, 1.165) is 19.4 Å². The number of carboxylic acid groups (broad SMARTS) is 1. The van der Waals surface area contributed by atoms with Gasteiger partial charge in [0, 0.05) is 20.2 Å². The highest BCUT2D eigenvalue weighted by molar-refractivity contribution is 5.88. The van der Waals surface area contributed by atoms with Gasteiger partial charge in [0.15, 0.2) is 0 Å². The topological polar surface area (TPSA) is 87.4 Å². The van der Waals surface area contributed by atoms with Crippen LogP contribution >= 0.6 is 0 Å². The second kappa shape index (κ2) is 7.13. The van der Waals surface area contributed by atoms with E-state index in [1.54, 1.807) is 11.7 Å². The van der Waals surface area contributed by atoms with Crippen LogP contribution in [0.15, 0.2) is 6.20 Å². The molecule has 0 saturated carbocycles. The van der Waals surface area contributed by atoms with Crippen LogP contribution in [0, 0.1) is 5.92 Å². The Hall–Kier alpha value is -1.40. The summed E-state index contributed by atoms with van der Waals surface area (Å²) in [5.41, 5.74) is 0.904. The number of hydrogen-bond acceptors (Lipinski definition) is 4. The Bertz CT molecular complexity index is 390. The monoisotopic (exact) mass is 255 g/mol. The maximum atomic E-state index is 11.0. The SMILES string of the molecule is CCC(CCO)CNCc1c(C(=O)O)cnn1C. The second-order valence-electron chi connectivity index (χ2n) is 4.35.